The molecule has 1 aromatic rings. The van der Waals surface area contributed by atoms with Crippen molar-refractivity contribution in [3.05, 3.63) is 35.4 Å². The highest BCUT2D eigenvalue weighted by Gasteiger charge is 2.26. The largest absolute Gasteiger partial charge is 0.378 e. The first-order chi connectivity index (χ1) is 11.6. The number of carbonyl (C=O) groups excluding carboxylic acids is 1. The third-order valence-corrected chi connectivity index (χ3v) is 5.21. The van der Waals surface area contributed by atoms with E-state index in [1.807, 2.05) is 24.3 Å². The molecule has 0 bridgehead atoms. The molecule has 0 spiro atoms. The average Bonchev–Trinajstić information content (AvgIpc) is 2.62. The molecule has 3 rings (SSSR count). The van der Waals surface area contributed by atoms with Gasteiger partial charge in [0, 0.05) is 17.2 Å². The molecule has 0 radical (unpaired) electrons. The van der Waals surface area contributed by atoms with Gasteiger partial charge in [-0.1, -0.05) is 37.5 Å². The zero-order valence-electron chi connectivity index (χ0n) is 14.3. The van der Waals surface area contributed by atoms with Crippen LogP contribution < -0.4 is 5.32 Å². The predicted molar refractivity (Wildman–Crippen MR) is 95.7 cm³/mol. The van der Waals surface area contributed by atoms with E-state index in [9.17, 15) is 9.90 Å². The van der Waals surface area contributed by atoms with Crippen LogP contribution in [0, 0.1) is 11.8 Å². The summed E-state index contributed by atoms with van der Waals surface area (Å²) >= 11 is 0. The Morgan fingerprint density at radius 1 is 1.00 bits per heavy atom. The van der Waals surface area contributed by atoms with Gasteiger partial charge in [-0.15, -0.1) is 0 Å². The highest BCUT2D eigenvalue weighted by molar-refractivity contribution is 5.94. The fraction of sp³-hybridized carbons (Fsp3) is 0.571. The van der Waals surface area contributed by atoms with E-state index in [1.165, 1.54) is 25.7 Å². The van der Waals surface area contributed by atoms with Crippen LogP contribution in [-0.2, 0) is 0 Å². The van der Waals surface area contributed by atoms with E-state index in [4.69, 9.17) is 0 Å². The Bertz CT molecular complexity index is 611. The number of benzene rings is 1. The SMILES string of the molecule is O=C(NC1CCCCC1)c1ccc(C#CC2(O)CCCCC2)cc1. The molecule has 1 aromatic carbocycles. The number of rotatable bonds is 2. The normalized spacial score (nSPS) is 20.7. The van der Waals surface area contributed by atoms with Crippen LogP contribution >= 0.6 is 0 Å². The first-order valence-corrected chi connectivity index (χ1v) is 9.31. The van der Waals surface area contributed by atoms with Crippen LogP contribution in [0.15, 0.2) is 24.3 Å². The zero-order valence-corrected chi connectivity index (χ0v) is 14.3. The molecule has 24 heavy (non-hydrogen) atoms. The fourth-order valence-corrected chi connectivity index (χ4v) is 3.67. The van der Waals surface area contributed by atoms with Gasteiger partial charge in [0.2, 0.25) is 0 Å². The van der Waals surface area contributed by atoms with Crippen molar-refractivity contribution in [3.8, 4) is 11.8 Å². The van der Waals surface area contributed by atoms with Crippen molar-refractivity contribution in [1.29, 1.82) is 0 Å². The lowest BCUT2D eigenvalue weighted by atomic mass is 9.85. The molecule has 1 amide bonds. The molecular formula is C21H27NO2. The summed E-state index contributed by atoms with van der Waals surface area (Å²) in [5, 5.41) is 13.5. The standard InChI is InChI=1S/C21H27NO2/c23-20(22-19-7-3-1-4-8-19)18-11-9-17(10-12-18)13-16-21(24)14-5-2-6-15-21/h9-12,19,24H,1-8,14-15H2,(H,22,23). The molecule has 128 valence electrons. The molecular weight excluding hydrogens is 298 g/mol. The molecule has 0 saturated heterocycles. The molecule has 3 heteroatoms. The van der Waals surface area contributed by atoms with Crippen molar-refractivity contribution in [3.63, 3.8) is 0 Å². The summed E-state index contributed by atoms with van der Waals surface area (Å²) < 4.78 is 0. The van der Waals surface area contributed by atoms with Gasteiger partial charge in [0.25, 0.3) is 5.91 Å². The third-order valence-electron chi connectivity index (χ3n) is 5.21. The summed E-state index contributed by atoms with van der Waals surface area (Å²) in [6.45, 7) is 0. The zero-order chi connectivity index (χ0) is 16.8. The van der Waals surface area contributed by atoms with Crippen LogP contribution in [0.4, 0.5) is 0 Å². The van der Waals surface area contributed by atoms with E-state index in [-0.39, 0.29) is 5.91 Å². The number of hydrogen-bond donors (Lipinski definition) is 2. The van der Waals surface area contributed by atoms with E-state index in [1.54, 1.807) is 0 Å². The Hall–Kier alpha value is -1.79. The molecule has 0 aromatic heterocycles. The summed E-state index contributed by atoms with van der Waals surface area (Å²) in [6.07, 6.45) is 10.7. The lowest BCUT2D eigenvalue weighted by Crippen LogP contribution is -2.36. The summed E-state index contributed by atoms with van der Waals surface area (Å²) in [7, 11) is 0. The van der Waals surface area contributed by atoms with E-state index in [2.05, 4.69) is 17.2 Å². The van der Waals surface area contributed by atoms with Gasteiger partial charge in [0.05, 0.1) is 0 Å². The molecule has 0 unspecified atom stereocenters. The fourth-order valence-electron chi connectivity index (χ4n) is 3.67. The average molecular weight is 325 g/mol. The van der Waals surface area contributed by atoms with Crippen molar-refractivity contribution < 1.29 is 9.90 Å². The highest BCUT2D eigenvalue weighted by Crippen LogP contribution is 2.27. The maximum atomic E-state index is 12.3. The Labute approximate surface area is 144 Å². The third kappa shape index (κ3) is 4.61. The molecule has 0 aliphatic heterocycles. The molecule has 2 aliphatic carbocycles. The smallest absolute Gasteiger partial charge is 0.251 e. The topological polar surface area (TPSA) is 49.3 Å². The van der Waals surface area contributed by atoms with Crippen LogP contribution in [0.3, 0.4) is 0 Å². The Kier molecular flexibility index (Phi) is 5.58. The minimum absolute atomic E-state index is 0.00678. The second-order valence-electron chi connectivity index (χ2n) is 7.23. The first kappa shape index (κ1) is 17.0. The second-order valence-corrected chi connectivity index (χ2v) is 7.23. The lowest BCUT2D eigenvalue weighted by molar-refractivity contribution is 0.0610. The van der Waals surface area contributed by atoms with Crippen LogP contribution in [0.2, 0.25) is 0 Å². The molecule has 2 N–H and O–H groups in total. The Balaban J connectivity index is 1.59. The van der Waals surface area contributed by atoms with Crippen LogP contribution in [0.1, 0.15) is 80.1 Å². The number of aliphatic hydroxyl groups is 1. The number of hydrogen-bond acceptors (Lipinski definition) is 2. The van der Waals surface area contributed by atoms with Crippen molar-refractivity contribution >= 4 is 5.91 Å². The Morgan fingerprint density at radius 2 is 1.62 bits per heavy atom. The number of nitrogens with one attached hydrogen (secondary N) is 1. The van der Waals surface area contributed by atoms with Gasteiger partial charge in [0.1, 0.15) is 5.60 Å². The van der Waals surface area contributed by atoms with E-state index < -0.39 is 5.60 Å². The van der Waals surface area contributed by atoms with Gasteiger partial charge in [0.15, 0.2) is 0 Å². The van der Waals surface area contributed by atoms with E-state index in [0.717, 1.165) is 44.1 Å². The summed E-state index contributed by atoms with van der Waals surface area (Å²) in [6, 6.07) is 7.72. The van der Waals surface area contributed by atoms with Crippen molar-refractivity contribution in [1.82, 2.24) is 5.32 Å². The molecule has 2 aliphatic rings. The van der Waals surface area contributed by atoms with E-state index >= 15 is 0 Å². The van der Waals surface area contributed by atoms with Gasteiger partial charge < -0.3 is 10.4 Å². The number of carbonyl (C=O) groups is 1. The monoisotopic (exact) mass is 325 g/mol. The summed E-state index contributed by atoms with van der Waals surface area (Å²) in [4.78, 5) is 12.3. The predicted octanol–water partition coefficient (Wildman–Crippen LogP) is 3.80. The molecule has 2 saturated carbocycles. The summed E-state index contributed by atoms with van der Waals surface area (Å²) in [5.74, 6) is 6.11. The minimum Gasteiger partial charge on any atom is -0.378 e. The lowest BCUT2D eigenvalue weighted by Gasteiger charge is -2.26. The van der Waals surface area contributed by atoms with Crippen LogP contribution in [0.25, 0.3) is 0 Å². The van der Waals surface area contributed by atoms with E-state index in [0.29, 0.717) is 11.6 Å². The summed E-state index contributed by atoms with van der Waals surface area (Å²) in [5.41, 5.74) is 0.709. The molecule has 0 heterocycles. The van der Waals surface area contributed by atoms with Crippen molar-refractivity contribution in [2.45, 2.75) is 75.9 Å². The van der Waals surface area contributed by atoms with Gasteiger partial charge >= 0.3 is 0 Å². The molecule has 3 nitrogen and oxygen atoms in total. The van der Waals surface area contributed by atoms with Crippen LogP contribution in [0.5, 0.6) is 0 Å². The first-order valence-electron chi connectivity index (χ1n) is 9.31. The molecule has 2 fully saturated rings. The van der Waals surface area contributed by atoms with Gasteiger partial charge in [-0.2, -0.15) is 0 Å². The van der Waals surface area contributed by atoms with Gasteiger partial charge in [-0.05, 0) is 62.8 Å². The quantitative estimate of drug-likeness (QED) is 0.813. The maximum Gasteiger partial charge on any atom is 0.251 e. The minimum atomic E-state index is -0.824. The van der Waals surface area contributed by atoms with Gasteiger partial charge in [-0.3, -0.25) is 4.79 Å². The molecule has 0 atom stereocenters. The van der Waals surface area contributed by atoms with Crippen LogP contribution in [-0.4, -0.2) is 22.7 Å². The second kappa shape index (κ2) is 7.85. The maximum absolute atomic E-state index is 12.3. The van der Waals surface area contributed by atoms with Crippen molar-refractivity contribution in [2.75, 3.05) is 0 Å². The van der Waals surface area contributed by atoms with Crippen molar-refractivity contribution in [2.24, 2.45) is 0 Å². The number of amides is 1. The highest BCUT2D eigenvalue weighted by atomic mass is 16.3. The van der Waals surface area contributed by atoms with Gasteiger partial charge in [-0.25, -0.2) is 0 Å². The Morgan fingerprint density at radius 3 is 2.29 bits per heavy atom.